The fourth-order valence-electron chi connectivity index (χ4n) is 2.55. The molecule has 1 saturated heterocycles. The van der Waals surface area contributed by atoms with E-state index in [0.717, 1.165) is 11.1 Å². The number of rotatable bonds is 5. The van der Waals surface area contributed by atoms with Gasteiger partial charge in [0.05, 0.1) is 24.0 Å². The number of hydrogen-bond donors (Lipinski definition) is 2. The highest BCUT2D eigenvalue weighted by atomic mass is 16.5. The van der Waals surface area contributed by atoms with Crippen molar-refractivity contribution in [3.8, 4) is 5.75 Å². The van der Waals surface area contributed by atoms with E-state index in [4.69, 9.17) is 9.84 Å². The zero-order valence-corrected chi connectivity index (χ0v) is 14.7. The van der Waals surface area contributed by atoms with Gasteiger partial charge in [0.2, 0.25) is 5.91 Å². The standard InChI is InChI=1S/C19H15N3O6/c1-28-14-8-6-13(7-9-14)22-17(24)15(16(23)21-19(22)27)10-20-12-4-2-11(3-5-12)18(25)26/h2-10,15H,1H3,(H,25,26)(H,21,23,27)/t15-/m1/s1. The maximum absolute atomic E-state index is 12.7. The number of anilines is 1. The number of nitrogens with one attached hydrogen (secondary N) is 1. The second-order valence-corrected chi connectivity index (χ2v) is 5.77. The number of hydrogen-bond acceptors (Lipinski definition) is 6. The van der Waals surface area contributed by atoms with Gasteiger partial charge in [0.15, 0.2) is 5.92 Å². The van der Waals surface area contributed by atoms with Gasteiger partial charge in [-0.1, -0.05) is 0 Å². The molecule has 1 heterocycles. The lowest BCUT2D eigenvalue weighted by Crippen LogP contribution is -2.58. The Kier molecular flexibility index (Phi) is 5.16. The average molecular weight is 381 g/mol. The third kappa shape index (κ3) is 3.73. The molecule has 9 heteroatoms. The molecule has 0 aromatic heterocycles. The molecule has 142 valence electrons. The Balaban J connectivity index is 1.83. The Morgan fingerprint density at radius 3 is 2.32 bits per heavy atom. The van der Waals surface area contributed by atoms with Crippen molar-refractivity contribution in [3.63, 3.8) is 0 Å². The van der Waals surface area contributed by atoms with Crippen LogP contribution in [0, 0.1) is 5.92 Å². The van der Waals surface area contributed by atoms with Crippen molar-refractivity contribution in [1.29, 1.82) is 0 Å². The van der Waals surface area contributed by atoms with Crippen molar-refractivity contribution in [2.24, 2.45) is 10.9 Å². The van der Waals surface area contributed by atoms with E-state index in [1.54, 1.807) is 12.1 Å². The van der Waals surface area contributed by atoms with Crippen LogP contribution < -0.4 is 15.0 Å². The number of methoxy groups -OCH3 is 1. The molecule has 0 bridgehead atoms. The van der Waals surface area contributed by atoms with Crippen molar-refractivity contribution in [1.82, 2.24) is 5.32 Å². The normalized spacial score (nSPS) is 17.0. The van der Waals surface area contributed by atoms with E-state index in [0.29, 0.717) is 11.4 Å². The fraction of sp³-hybridized carbons (Fsp3) is 0.105. The van der Waals surface area contributed by atoms with Gasteiger partial charge >= 0.3 is 12.0 Å². The van der Waals surface area contributed by atoms with E-state index in [1.165, 1.54) is 43.5 Å². The predicted octanol–water partition coefficient (Wildman–Crippen LogP) is 1.99. The first-order valence-corrected chi connectivity index (χ1v) is 8.11. The summed E-state index contributed by atoms with van der Waals surface area (Å²) < 4.78 is 5.04. The molecular weight excluding hydrogens is 366 g/mol. The molecule has 1 aliphatic heterocycles. The largest absolute Gasteiger partial charge is 0.497 e. The summed E-state index contributed by atoms with van der Waals surface area (Å²) in [6, 6.07) is 10.9. The third-order valence-corrected chi connectivity index (χ3v) is 4.02. The van der Waals surface area contributed by atoms with Crippen LogP contribution in [0.15, 0.2) is 53.5 Å². The molecule has 0 unspecified atom stereocenters. The number of barbiturate groups is 1. The van der Waals surface area contributed by atoms with Crippen LogP contribution in [0.5, 0.6) is 5.75 Å². The minimum absolute atomic E-state index is 0.0849. The van der Waals surface area contributed by atoms with E-state index in [2.05, 4.69) is 10.3 Å². The lowest BCUT2D eigenvalue weighted by atomic mass is 10.1. The molecular formula is C19H15N3O6. The Morgan fingerprint density at radius 1 is 1.11 bits per heavy atom. The summed E-state index contributed by atoms with van der Waals surface area (Å²) in [5.74, 6) is -3.37. The Morgan fingerprint density at radius 2 is 1.75 bits per heavy atom. The van der Waals surface area contributed by atoms with Crippen molar-refractivity contribution >= 4 is 41.4 Å². The van der Waals surface area contributed by atoms with Crippen LogP contribution in [0.2, 0.25) is 0 Å². The number of carbonyl (C=O) groups is 4. The van der Waals surface area contributed by atoms with Crippen molar-refractivity contribution in [2.45, 2.75) is 0 Å². The maximum Gasteiger partial charge on any atom is 0.335 e. The van der Waals surface area contributed by atoms with Gasteiger partial charge in [0.1, 0.15) is 5.75 Å². The number of carboxylic acid groups (broad SMARTS) is 1. The smallest absolute Gasteiger partial charge is 0.335 e. The number of amides is 4. The number of urea groups is 1. The number of ether oxygens (including phenoxy) is 1. The molecule has 2 N–H and O–H groups in total. The SMILES string of the molecule is COc1ccc(N2C(=O)NC(=O)[C@@H](C=Nc3ccc(C(=O)O)cc3)C2=O)cc1. The summed E-state index contributed by atoms with van der Waals surface area (Å²) in [7, 11) is 1.49. The van der Waals surface area contributed by atoms with Crippen molar-refractivity contribution < 1.29 is 29.0 Å². The summed E-state index contributed by atoms with van der Waals surface area (Å²) in [4.78, 5) is 52.7. The highest BCUT2D eigenvalue weighted by Crippen LogP contribution is 2.23. The molecule has 2 aromatic carbocycles. The van der Waals surface area contributed by atoms with Crippen LogP contribution in [0.25, 0.3) is 0 Å². The lowest BCUT2D eigenvalue weighted by molar-refractivity contribution is -0.131. The molecule has 3 rings (SSSR count). The van der Waals surface area contributed by atoms with Crippen LogP contribution in [0.4, 0.5) is 16.2 Å². The molecule has 4 amide bonds. The van der Waals surface area contributed by atoms with Gasteiger partial charge in [-0.2, -0.15) is 0 Å². The maximum atomic E-state index is 12.7. The second kappa shape index (κ2) is 7.70. The van der Waals surface area contributed by atoms with Gasteiger partial charge in [0.25, 0.3) is 5.91 Å². The van der Waals surface area contributed by atoms with Crippen LogP contribution >= 0.6 is 0 Å². The van der Waals surface area contributed by atoms with Crippen molar-refractivity contribution in [2.75, 3.05) is 12.0 Å². The Hall–Kier alpha value is -4.01. The molecule has 2 aromatic rings. The molecule has 0 radical (unpaired) electrons. The number of carbonyl (C=O) groups excluding carboxylic acids is 3. The lowest BCUT2D eigenvalue weighted by Gasteiger charge is -2.28. The minimum Gasteiger partial charge on any atom is -0.497 e. The summed E-state index contributed by atoms with van der Waals surface area (Å²) in [5, 5.41) is 11.0. The number of imide groups is 2. The highest BCUT2D eigenvalue weighted by Gasteiger charge is 2.40. The zero-order chi connectivity index (χ0) is 20.3. The monoisotopic (exact) mass is 381 g/mol. The van der Waals surface area contributed by atoms with Gasteiger partial charge in [-0.25, -0.2) is 14.5 Å². The number of aliphatic imine (C=N–C) groups is 1. The molecule has 1 atom stereocenters. The highest BCUT2D eigenvalue weighted by molar-refractivity contribution is 6.32. The minimum atomic E-state index is -1.31. The van der Waals surface area contributed by atoms with Crippen LogP contribution in [0.1, 0.15) is 10.4 Å². The van der Waals surface area contributed by atoms with E-state index >= 15 is 0 Å². The topological polar surface area (TPSA) is 125 Å². The first-order valence-electron chi connectivity index (χ1n) is 8.11. The van der Waals surface area contributed by atoms with Gasteiger partial charge in [-0.15, -0.1) is 0 Å². The first kappa shape index (κ1) is 18.8. The molecule has 28 heavy (non-hydrogen) atoms. The van der Waals surface area contributed by atoms with E-state index in [-0.39, 0.29) is 11.3 Å². The Labute approximate surface area is 159 Å². The summed E-state index contributed by atoms with van der Waals surface area (Å²) in [6.07, 6.45) is 1.12. The van der Waals surface area contributed by atoms with E-state index in [1.807, 2.05) is 0 Å². The summed E-state index contributed by atoms with van der Waals surface area (Å²) in [6.45, 7) is 0. The number of aromatic carboxylic acids is 1. The van der Waals surface area contributed by atoms with Gasteiger partial charge in [-0.05, 0) is 48.5 Å². The summed E-state index contributed by atoms with van der Waals surface area (Å²) in [5.41, 5.74) is 0.722. The fourth-order valence-corrected chi connectivity index (χ4v) is 2.55. The third-order valence-electron chi connectivity index (χ3n) is 4.02. The molecule has 9 nitrogen and oxygen atoms in total. The van der Waals surface area contributed by atoms with E-state index in [9.17, 15) is 19.2 Å². The van der Waals surface area contributed by atoms with Gasteiger partial charge in [0, 0.05) is 6.21 Å². The van der Waals surface area contributed by atoms with Crippen LogP contribution in [-0.4, -0.2) is 42.2 Å². The zero-order valence-electron chi connectivity index (χ0n) is 14.7. The van der Waals surface area contributed by atoms with Crippen LogP contribution in [0.3, 0.4) is 0 Å². The van der Waals surface area contributed by atoms with E-state index < -0.39 is 29.7 Å². The Bertz CT molecular complexity index is 966. The molecule has 1 fully saturated rings. The number of carboxylic acids is 1. The van der Waals surface area contributed by atoms with Gasteiger partial charge < -0.3 is 9.84 Å². The van der Waals surface area contributed by atoms with Gasteiger partial charge in [-0.3, -0.25) is 19.9 Å². The molecule has 0 saturated carbocycles. The quantitative estimate of drug-likeness (QED) is 0.603. The molecule has 0 spiro atoms. The number of benzene rings is 2. The predicted molar refractivity (Wildman–Crippen MR) is 99.1 cm³/mol. The molecule has 1 aliphatic rings. The van der Waals surface area contributed by atoms with Crippen LogP contribution in [-0.2, 0) is 9.59 Å². The second-order valence-electron chi connectivity index (χ2n) is 5.77. The van der Waals surface area contributed by atoms with Crippen molar-refractivity contribution in [3.05, 3.63) is 54.1 Å². The summed E-state index contributed by atoms with van der Waals surface area (Å²) >= 11 is 0. The number of nitrogens with zero attached hydrogens (tertiary/aromatic N) is 2. The average Bonchev–Trinajstić information content (AvgIpc) is 2.68. The first-order chi connectivity index (χ1) is 13.4. The molecule has 0 aliphatic carbocycles.